The zero-order valence-corrected chi connectivity index (χ0v) is 17.4. The molecule has 0 spiro atoms. The van der Waals surface area contributed by atoms with E-state index in [9.17, 15) is 9.59 Å². The van der Waals surface area contributed by atoms with Gasteiger partial charge >= 0.3 is 0 Å². The molecule has 2 N–H and O–H groups in total. The topological polar surface area (TPSA) is 83.8 Å². The first-order valence-electron chi connectivity index (χ1n) is 9.77. The molecule has 0 atom stereocenters. The fraction of sp³-hybridized carbons (Fsp3) is 0.273. The van der Waals surface area contributed by atoms with E-state index in [4.69, 9.17) is 9.15 Å². The lowest BCUT2D eigenvalue weighted by Gasteiger charge is -2.34. The van der Waals surface area contributed by atoms with Crippen LogP contribution >= 0.6 is 11.3 Å². The molecule has 0 saturated carbocycles. The van der Waals surface area contributed by atoms with Crippen LogP contribution in [0.5, 0.6) is 5.75 Å². The molecular weight excluding hydrogens is 402 g/mol. The fourth-order valence-electron chi connectivity index (χ4n) is 3.44. The van der Waals surface area contributed by atoms with Gasteiger partial charge in [0.05, 0.1) is 23.3 Å². The standard InChI is InChI=1S/C22H23N3O4S/c1-28-17-6-4-16(5-7-17)25-12-10-15(11-13-25)23-22(27)19-8-9-20(30-19)24-21(26)18-3-2-14-29-18/h2-9,14-15H,10-13H2,1H3,(H,23,27)(H,24,26). The van der Waals surface area contributed by atoms with Crippen LogP contribution in [0.15, 0.2) is 59.2 Å². The molecule has 156 valence electrons. The van der Waals surface area contributed by atoms with Gasteiger partial charge in [0.2, 0.25) is 0 Å². The van der Waals surface area contributed by atoms with E-state index in [0.717, 1.165) is 37.4 Å². The Kier molecular flexibility index (Phi) is 6.04. The maximum atomic E-state index is 12.6. The molecule has 1 saturated heterocycles. The van der Waals surface area contributed by atoms with Gasteiger partial charge in [-0.1, -0.05) is 0 Å². The van der Waals surface area contributed by atoms with Crippen molar-refractivity contribution in [2.45, 2.75) is 18.9 Å². The van der Waals surface area contributed by atoms with Crippen molar-refractivity contribution in [1.29, 1.82) is 0 Å². The van der Waals surface area contributed by atoms with E-state index in [2.05, 4.69) is 27.7 Å². The van der Waals surface area contributed by atoms with Crippen LogP contribution < -0.4 is 20.3 Å². The predicted molar refractivity (Wildman–Crippen MR) is 117 cm³/mol. The maximum Gasteiger partial charge on any atom is 0.291 e. The Hall–Kier alpha value is -3.26. The molecule has 1 fully saturated rings. The van der Waals surface area contributed by atoms with Gasteiger partial charge in [0.15, 0.2) is 5.76 Å². The highest BCUT2D eigenvalue weighted by Gasteiger charge is 2.22. The van der Waals surface area contributed by atoms with E-state index in [0.29, 0.717) is 9.88 Å². The van der Waals surface area contributed by atoms with Gasteiger partial charge in [-0.3, -0.25) is 9.59 Å². The first-order valence-corrected chi connectivity index (χ1v) is 10.6. The molecule has 2 amide bonds. The summed E-state index contributed by atoms with van der Waals surface area (Å²) in [5.41, 5.74) is 1.16. The largest absolute Gasteiger partial charge is 0.497 e. The van der Waals surface area contributed by atoms with E-state index >= 15 is 0 Å². The number of carbonyl (C=O) groups is 2. The van der Waals surface area contributed by atoms with Crippen molar-refractivity contribution in [3.63, 3.8) is 0 Å². The van der Waals surface area contributed by atoms with Gasteiger partial charge in [-0.25, -0.2) is 0 Å². The summed E-state index contributed by atoms with van der Waals surface area (Å²) in [6.45, 7) is 1.76. The Morgan fingerprint density at radius 3 is 2.50 bits per heavy atom. The van der Waals surface area contributed by atoms with Crippen LogP contribution in [-0.2, 0) is 0 Å². The third-order valence-electron chi connectivity index (χ3n) is 5.08. The molecule has 30 heavy (non-hydrogen) atoms. The highest BCUT2D eigenvalue weighted by Crippen LogP contribution is 2.25. The second kappa shape index (κ2) is 9.04. The van der Waals surface area contributed by atoms with Gasteiger partial charge in [-0.2, -0.15) is 0 Å². The second-order valence-electron chi connectivity index (χ2n) is 7.03. The molecule has 1 aliphatic heterocycles. The Balaban J connectivity index is 1.27. The van der Waals surface area contributed by atoms with Crippen LogP contribution in [0.25, 0.3) is 0 Å². The molecule has 1 aliphatic rings. The molecule has 0 unspecified atom stereocenters. The number of nitrogens with one attached hydrogen (secondary N) is 2. The number of ether oxygens (including phenoxy) is 1. The van der Waals surface area contributed by atoms with Crippen molar-refractivity contribution in [2.75, 3.05) is 30.4 Å². The third kappa shape index (κ3) is 4.65. The molecule has 0 radical (unpaired) electrons. The second-order valence-corrected chi connectivity index (χ2v) is 8.11. The lowest BCUT2D eigenvalue weighted by atomic mass is 10.0. The van der Waals surface area contributed by atoms with E-state index in [-0.39, 0.29) is 23.6 Å². The molecule has 2 aromatic heterocycles. The SMILES string of the molecule is COc1ccc(N2CCC(NC(=O)c3ccc(NC(=O)c4ccco4)s3)CC2)cc1. The number of hydrogen-bond donors (Lipinski definition) is 2. The van der Waals surface area contributed by atoms with E-state index in [1.54, 1.807) is 31.4 Å². The van der Waals surface area contributed by atoms with Gasteiger partial charge in [0.25, 0.3) is 11.8 Å². The first-order chi connectivity index (χ1) is 14.6. The number of amides is 2. The van der Waals surface area contributed by atoms with Crippen molar-refractivity contribution in [3.8, 4) is 5.75 Å². The number of furan rings is 1. The summed E-state index contributed by atoms with van der Waals surface area (Å²) < 4.78 is 10.3. The molecule has 7 nitrogen and oxygen atoms in total. The predicted octanol–water partition coefficient (Wildman–Crippen LogP) is 4.00. The summed E-state index contributed by atoms with van der Waals surface area (Å²) in [7, 11) is 1.66. The average molecular weight is 426 g/mol. The van der Waals surface area contributed by atoms with Crippen molar-refractivity contribution >= 4 is 33.8 Å². The lowest BCUT2D eigenvalue weighted by Crippen LogP contribution is -2.44. The van der Waals surface area contributed by atoms with Crippen molar-refractivity contribution in [3.05, 3.63) is 65.4 Å². The van der Waals surface area contributed by atoms with Crippen LogP contribution in [0.1, 0.15) is 33.1 Å². The summed E-state index contributed by atoms with van der Waals surface area (Å²) in [6.07, 6.45) is 3.21. The van der Waals surface area contributed by atoms with Crippen LogP contribution in [0.3, 0.4) is 0 Å². The van der Waals surface area contributed by atoms with Crippen LogP contribution in [0.2, 0.25) is 0 Å². The zero-order valence-electron chi connectivity index (χ0n) is 16.6. The zero-order chi connectivity index (χ0) is 20.9. The highest BCUT2D eigenvalue weighted by molar-refractivity contribution is 7.18. The third-order valence-corrected chi connectivity index (χ3v) is 6.08. The quantitative estimate of drug-likeness (QED) is 0.624. The van der Waals surface area contributed by atoms with E-state index < -0.39 is 0 Å². The minimum absolute atomic E-state index is 0.110. The summed E-state index contributed by atoms with van der Waals surface area (Å²) in [5.74, 6) is 0.635. The van der Waals surface area contributed by atoms with Crippen LogP contribution in [-0.4, -0.2) is 38.1 Å². The Labute approximate surface area is 178 Å². The summed E-state index contributed by atoms with van der Waals surface area (Å²) in [6, 6.07) is 14.9. The Bertz CT molecular complexity index is 990. The summed E-state index contributed by atoms with van der Waals surface area (Å²) in [4.78, 5) is 27.5. The minimum atomic E-state index is -0.334. The molecule has 1 aromatic carbocycles. The van der Waals surface area contributed by atoms with Crippen LogP contribution in [0.4, 0.5) is 10.7 Å². The van der Waals surface area contributed by atoms with Gasteiger partial charge in [-0.15, -0.1) is 11.3 Å². The minimum Gasteiger partial charge on any atom is -0.497 e. The summed E-state index contributed by atoms with van der Waals surface area (Å²) >= 11 is 1.25. The first kappa shape index (κ1) is 20.0. The average Bonchev–Trinajstić information content (AvgIpc) is 3.47. The van der Waals surface area contributed by atoms with E-state index in [1.807, 2.05) is 12.1 Å². The van der Waals surface area contributed by atoms with Gasteiger partial charge < -0.3 is 24.7 Å². The van der Waals surface area contributed by atoms with Crippen LogP contribution in [0, 0.1) is 0 Å². The molecule has 3 aromatic rings. The number of anilines is 2. The van der Waals surface area contributed by atoms with Crippen molar-refractivity contribution < 1.29 is 18.7 Å². The van der Waals surface area contributed by atoms with Crippen molar-refractivity contribution in [1.82, 2.24) is 5.32 Å². The monoisotopic (exact) mass is 425 g/mol. The fourth-order valence-corrected chi connectivity index (χ4v) is 4.24. The number of piperidine rings is 1. The Morgan fingerprint density at radius 1 is 1.07 bits per heavy atom. The molecular formula is C22H23N3O4S. The smallest absolute Gasteiger partial charge is 0.291 e. The molecule has 3 heterocycles. The number of rotatable bonds is 6. The number of benzene rings is 1. The number of methoxy groups -OCH3 is 1. The maximum absolute atomic E-state index is 12.6. The summed E-state index contributed by atoms with van der Waals surface area (Å²) in [5, 5.41) is 6.47. The normalized spacial score (nSPS) is 14.4. The van der Waals surface area contributed by atoms with Gasteiger partial charge in [0.1, 0.15) is 5.75 Å². The Morgan fingerprint density at radius 2 is 1.83 bits per heavy atom. The van der Waals surface area contributed by atoms with Crippen molar-refractivity contribution in [2.24, 2.45) is 0 Å². The lowest BCUT2D eigenvalue weighted by molar-refractivity contribution is 0.0934. The van der Waals surface area contributed by atoms with Gasteiger partial charge in [0, 0.05) is 24.8 Å². The van der Waals surface area contributed by atoms with E-state index in [1.165, 1.54) is 17.6 Å². The molecule has 0 bridgehead atoms. The number of nitrogens with zero attached hydrogens (tertiary/aromatic N) is 1. The molecule has 0 aliphatic carbocycles. The van der Waals surface area contributed by atoms with Gasteiger partial charge in [-0.05, 0) is 61.4 Å². The molecule has 8 heteroatoms. The number of carbonyl (C=O) groups excluding carboxylic acids is 2. The number of thiophene rings is 1. The molecule has 4 rings (SSSR count). The highest BCUT2D eigenvalue weighted by atomic mass is 32.1. The number of hydrogen-bond acceptors (Lipinski definition) is 6.